The molecule has 0 aliphatic carbocycles. The quantitative estimate of drug-likeness (QED) is 0.328. The lowest BCUT2D eigenvalue weighted by atomic mass is 9.97. The molecule has 1 heterocycles. The summed E-state index contributed by atoms with van der Waals surface area (Å²) in [5.74, 6) is -0.393. The summed E-state index contributed by atoms with van der Waals surface area (Å²) < 4.78 is 21.5. The van der Waals surface area contributed by atoms with Gasteiger partial charge in [-0.25, -0.2) is 0 Å². The Morgan fingerprint density at radius 3 is 2.29 bits per heavy atom. The van der Waals surface area contributed by atoms with Crippen molar-refractivity contribution < 1.29 is 39.1 Å². The van der Waals surface area contributed by atoms with E-state index >= 15 is 0 Å². The van der Waals surface area contributed by atoms with Crippen molar-refractivity contribution in [2.75, 3.05) is 39.6 Å². The first-order chi connectivity index (χ1) is 11.5. The minimum atomic E-state index is -1.32. The van der Waals surface area contributed by atoms with Crippen LogP contribution in [-0.4, -0.2) is 91.5 Å². The van der Waals surface area contributed by atoms with Crippen molar-refractivity contribution in [1.82, 2.24) is 5.32 Å². The lowest BCUT2D eigenvalue weighted by Crippen LogP contribution is -2.64. The molecule has 5 unspecified atom stereocenters. The number of carbonyl (C=O) groups excluding carboxylic acids is 1. The van der Waals surface area contributed by atoms with Crippen LogP contribution < -0.4 is 5.32 Å². The lowest BCUT2D eigenvalue weighted by Gasteiger charge is -2.42. The van der Waals surface area contributed by atoms with Gasteiger partial charge in [0.15, 0.2) is 6.29 Å². The average molecular weight is 351 g/mol. The largest absolute Gasteiger partial charge is 0.394 e. The SMILES string of the molecule is CCCOCCOCCOC1OC(CO)C(O)C(O)C1NC(C)=O. The molecule has 5 atom stereocenters. The first-order valence-corrected chi connectivity index (χ1v) is 8.17. The van der Waals surface area contributed by atoms with Crippen molar-refractivity contribution in [3.8, 4) is 0 Å². The molecule has 0 aromatic rings. The van der Waals surface area contributed by atoms with Gasteiger partial charge in [0.1, 0.15) is 24.4 Å². The maximum absolute atomic E-state index is 11.3. The molecule has 0 radical (unpaired) electrons. The topological polar surface area (TPSA) is 127 Å². The molecule has 0 saturated carbocycles. The van der Waals surface area contributed by atoms with E-state index in [1.807, 2.05) is 6.92 Å². The van der Waals surface area contributed by atoms with Crippen LogP contribution in [-0.2, 0) is 23.7 Å². The Morgan fingerprint density at radius 2 is 1.71 bits per heavy atom. The second-order valence-corrected chi connectivity index (χ2v) is 5.53. The Morgan fingerprint density at radius 1 is 1.08 bits per heavy atom. The monoisotopic (exact) mass is 351 g/mol. The molecule has 1 aliphatic rings. The van der Waals surface area contributed by atoms with E-state index < -0.39 is 43.2 Å². The van der Waals surface area contributed by atoms with E-state index in [0.717, 1.165) is 6.42 Å². The number of hydrogen-bond donors (Lipinski definition) is 4. The first-order valence-electron chi connectivity index (χ1n) is 8.17. The number of aliphatic hydroxyl groups is 3. The van der Waals surface area contributed by atoms with Crippen LogP contribution in [0.5, 0.6) is 0 Å². The van der Waals surface area contributed by atoms with E-state index in [2.05, 4.69) is 5.32 Å². The van der Waals surface area contributed by atoms with Gasteiger partial charge in [-0.15, -0.1) is 0 Å². The summed E-state index contributed by atoms with van der Waals surface area (Å²) in [7, 11) is 0. The van der Waals surface area contributed by atoms with E-state index in [1.165, 1.54) is 6.92 Å². The van der Waals surface area contributed by atoms with Gasteiger partial charge in [-0.05, 0) is 6.42 Å². The fourth-order valence-electron chi connectivity index (χ4n) is 2.30. The zero-order chi connectivity index (χ0) is 17.9. The van der Waals surface area contributed by atoms with Gasteiger partial charge < -0.3 is 39.6 Å². The number of ether oxygens (including phenoxy) is 4. The Kier molecular flexibility index (Phi) is 10.3. The van der Waals surface area contributed by atoms with Crippen LogP contribution in [0.1, 0.15) is 20.3 Å². The molecule has 1 amide bonds. The zero-order valence-corrected chi connectivity index (χ0v) is 14.2. The van der Waals surface area contributed by atoms with Crippen LogP contribution in [0.25, 0.3) is 0 Å². The summed E-state index contributed by atoms with van der Waals surface area (Å²) in [6.07, 6.45) is -3.66. The normalized spacial score (nSPS) is 30.3. The van der Waals surface area contributed by atoms with E-state index in [1.54, 1.807) is 0 Å². The molecule has 1 fully saturated rings. The molecule has 1 rings (SSSR count). The minimum Gasteiger partial charge on any atom is -0.394 e. The van der Waals surface area contributed by atoms with Gasteiger partial charge in [0.2, 0.25) is 5.91 Å². The molecule has 4 N–H and O–H groups in total. The highest BCUT2D eigenvalue weighted by Gasteiger charge is 2.45. The second-order valence-electron chi connectivity index (χ2n) is 5.53. The van der Waals surface area contributed by atoms with Crippen molar-refractivity contribution in [2.45, 2.75) is 50.9 Å². The van der Waals surface area contributed by atoms with Crippen molar-refractivity contribution in [3.05, 3.63) is 0 Å². The molecule has 0 spiro atoms. The summed E-state index contributed by atoms with van der Waals surface area (Å²) in [5, 5.41) is 31.7. The molecule has 1 saturated heterocycles. The van der Waals surface area contributed by atoms with Gasteiger partial charge in [-0.2, -0.15) is 0 Å². The fourth-order valence-corrected chi connectivity index (χ4v) is 2.30. The van der Waals surface area contributed by atoms with Gasteiger partial charge in [-0.3, -0.25) is 4.79 Å². The molecule has 24 heavy (non-hydrogen) atoms. The predicted octanol–water partition coefficient (Wildman–Crippen LogP) is -1.61. The molecular formula is C15H29NO8. The summed E-state index contributed by atoms with van der Waals surface area (Å²) in [6, 6.07) is -0.937. The van der Waals surface area contributed by atoms with E-state index in [4.69, 9.17) is 18.9 Å². The van der Waals surface area contributed by atoms with Crippen molar-refractivity contribution in [1.29, 1.82) is 0 Å². The molecule has 9 nitrogen and oxygen atoms in total. The van der Waals surface area contributed by atoms with Crippen LogP contribution in [0.15, 0.2) is 0 Å². The van der Waals surface area contributed by atoms with E-state index in [9.17, 15) is 20.1 Å². The maximum Gasteiger partial charge on any atom is 0.217 e. The van der Waals surface area contributed by atoms with Gasteiger partial charge in [-0.1, -0.05) is 6.92 Å². The first kappa shape index (κ1) is 21.2. The van der Waals surface area contributed by atoms with Crippen molar-refractivity contribution in [2.24, 2.45) is 0 Å². The highest BCUT2D eigenvalue weighted by Crippen LogP contribution is 2.22. The number of rotatable bonds is 11. The molecule has 142 valence electrons. The molecule has 0 aromatic heterocycles. The van der Waals surface area contributed by atoms with Crippen molar-refractivity contribution >= 4 is 5.91 Å². The summed E-state index contributed by atoms with van der Waals surface area (Å²) >= 11 is 0. The van der Waals surface area contributed by atoms with Crippen LogP contribution in [0.4, 0.5) is 0 Å². The maximum atomic E-state index is 11.3. The van der Waals surface area contributed by atoms with Gasteiger partial charge in [0.05, 0.1) is 33.0 Å². The Bertz CT molecular complexity index is 356. The minimum absolute atomic E-state index is 0.162. The number of carbonyl (C=O) groups is 1. The highest BCUT2D eigenvalue weighted by molar-refractivity contribution is 5.73. The van der Waals surface area contributed by atoms with E-state index in [-0.39, 0.29) is 13.2 Å². The average Bonchev–Trinajstić information content (AvgIpc) is 2.55. The Hall–Kier alpha value is -0.810. The lowest BCUT2D eigenvalue weighted by molar-refractivity contribution is -0.272. The van der Waals surface area contributed by atoms with Gasteiger partial charge in [0.25, 0.3) is 0 Å². The molecule has 1 aliphatic heterocycles. The Labute approximate surface area is 141 Å². The van der Waals surface area contributed by atoms with Gasteiger partial charge >= 0.3 is 0 Å². The number of amides is 1. The zero-order valence-electron chi connectivity index (χ0n) is 14.2. The molecular weight excluding hydrogens is 322 g/mol. The number of hydrogen-bond acceptors (Lipinski definition) is 8. The number of nitrogens with one attached hydrogen (secondary N) is 1. The summed E-state index contributed by atoms with van der Waals surface area (Å²) in [4.78, 5) is 11.3. The third kappa shape index (κ3) is 6.98. The summed E-state index contributed by atoms with van der Waals surface area (Å²) in [6.45, 7) is 4.90. The van der Waals surface area contributed by atoms with Crippen LogP contribution >= 0.6 is 0 Å². The second kappa shape index (κ2) is 11.7. The molecule has 0 bridgehead atoms. The van der Waals surface area contributed by atoms with Crippen LogP contribution in [0.2, 0.25) is 0 Å². The van der Waals surface area contributed by atoms with Crippen molar-refractivity contribution in [3.63, 3.8) is 0 Å². The molecule has 0 aromatic carbocycles. The van der Waals surface area contributed by atoms with Gasteiger partial charge in [0, 0.05) is 13.5 Å². The summed E-state index contributed by atoms with van der Waals surface area (Å²) in [5.41, 5.74) is 0. The smallest absolute Gasteiger partial charge is 0.217 e. The third-order valence-electron chi connectivity index (χ3n) is 3.48. The highest BCUT2D eigenvalue weighted by atomic mass is 16.7. The van der Waals surface area contributed by atoms with E-state index in [0.29, 0.717) is 19.8 Å². The van der Waals surface area contributed by atoms with Crippen LogP contribution in [0.3, 0.4) is 0 Å². The number of aliphatic hydroxyl groups excluding tert-OH is 3. The third-order valence-corrected chi connectivity index (χ3v) is 3.48. The Balaban J connectivity index is 2.39. The predicted molar refractivity (Wildman–Crippen MR) is 83.2 cm³/mol. The fraction of sp³-hybridized carbons (Fsp3) is 0.933. The molecule has 9 heteroatoms. The standard InChI is InChI=1S/C15H29NO8/c1-3-4-21-5-6-22-7-8-23-15-12(16-10(2)18)14(20)13(19)11(9-17)24-15/h11-15,17,19-20H,3-9H2,1-2H3,(H,16,18). The van der Waals surface area contributed by atoms with Crippen LogP contribution in [0, 0.1) is 0 Å².